The first-order valence-electron chi connectivity index (χ1n) is 8.20. The van der Waals surface area contributed by atoms with E-state index in [0.717, 1.165) is 56.2 Å². The van der Waals surface area contributed by atoms with Crippen LogP contribution in [0, 0.1) is 13.8 Å². The highest BCUT2D eigenvalue weighted by Crippen LogP contribution is 2.13. The molecule has 1 aliphatic rings. The Balaban J connectivity index is 1.51. The van der Waals surface area contributed by atoms with E-state index in [2.05, 4.69) is 14.5 Å². The topological polar surface area (TPSA) is 41.4 Å². The lowest BCUT2D eigenvalue weighted by Gasteiger charge is -2.35. The van der Waals surface area contributed by atoms with Crippen molar-refractivity contribution in [1.29, 1.82) is 0 Å². The molecule has 0 radical (unpaired) electrons. The first-order valence-corrected chi connectivity index (χ1v) is 8.20. The second-order valence-electron chi connectivity index (χ2n) is 6.12. The van der Waals surface area contributed by atoms with E-state index in [1.807, 2.05) is 55.4 Å². The minimum Gasteiger partial charge on any atom is -0.336 e. The van der Waals surface area contributed by atoms with Crippen molar-refractivity contribution in [2.75, 3.05) is 32.7 Å². The van der Waals surface area contributed by atoms with E-state index in [4.69, 9.17) is 0 Å². The van der Waals surface area contributed by atoms with E-state index in [-0.39, 0.29) is 5.91 Å². The van der Waals surface area contributed by atoms with Crippen molar-refractivity contribution in [3.8, 4) is 0 Å². The molecule has 0 spiro atoms. The fourth-order valence-electron chi connectivity index (χ4n) is 3.05. The zero-order chi connectivity index (χ0) is 16.2. The van der Waals surface area contributed by atoms with Crippen LogP contribution in [0.4, 0.5) is 0 Å². The molecule has 23 heavy (non-hydrogen) atoms. The number of rotatable bonds is 4. The second kappa shape index (κ2) is 6.96. The van der Waals surface area contributed by atoms with E-state index in [0.29, 0.717) is 0 Å². The van der Waals surface area contributed by atoms with Crippen LogP contribution in [0.1, 0.15) is 21.7 Å². The van der Waals surface area contributed by atoms with Gasteiger partial charge in [0.15, 0.2) is 0 Å². The van der Waals surface area contributed by atoms with Gasteiger partial charge in [-0.05, 0) is 25.5 Å². The standard InChI is InChI=1S/C18H24N4O/c1-15-5-3-4-6-17(15)18(23)22-13-10-20(11-14-22)9-12-21-8-7-19-16(21)2/h3-8H,9-14H2,1-2H3. The molecule has 1 saturated heterocycles. The third kappa shape index (κ3) is 3.62. The fourth-order valence-corrected chi connectivity index (χ4v) is 3.05. The number of carbonyl (C=O) groups excluding carboxylic acids is 1. The van der Waals surface area contributed by atoms with Gasteiger partial charge in [-0.15, -0.1) is 0 Å². The Morgan fingerprint density at radius 2 is 1.83 bits per heavy atom. The molecule has 0 atom stereocenters. The summed E-state index contributed by atoms with van der Waals surface area (Å²) in [5.41, 5.74) is 1.88. The minimum atomic E-state index is 0.160. The number of aromatic nitrogens is 2. The van der Waals surface area contributed by atoms with Crippen LogP contribution in [0.15, 0.2) is 36.7 Å². The number of carbonyl (C=O) groups is 1. The lowest BCUT2D eigenvalue weighted by Crippen LogP contribution is -2.49. The summed E-state index contributed by atoms with van der Waals surface area (Å²) in [4.78, 5) is 21.3. The smallest absolute Gasteiger partial charge is 0.254 e. The van der Waals surface area contributed by atoms with Gasteiger partial charge in [0.2, 0.25) is 0 Å². The number of piperazine rings is 1. The van der Waals surface area contributed by atoms with Gasteiger partial charge in [0.05, 0.1) is 0 Å². The number of nitrogens with zero attached hydrogens (tertiary/aromatic N) is 4. The largest absolute Gasteiger partial charge is 0.336 e. The van der Waals surface area contributed by atoms with Gasteiger partial charge in [0.25, 0.3) is 5.91 Å². The zero-order valence-electron chi connectivity index (χ0n) is 13.9. The number of amides is 1. The number of aryl methyl sites for hydroxylation is 2. The predicted octanol–water partition coefficient (Wildman–Crippen LogP) is 1.96. The average molecular weight is 312 g/mol. The molecule has 5 nitrogen and oxygen atoms in total. The molecule has 122 valence electrons. The Kier molecular flexibility index (Phi) is 4.76. The first-order chi connectivity index (χ1) is 11.1. The van der Waals surface area contributed by atoms with E-state index >= 15 is 0 Å². The molecule has 0 bridgehead atoms. The highest BCUT2D eigenvalue weighted by Gasteiger charge is 2.22. The van der Waals surface area contributed by atoms with Crippen molar-refractivity contribution < 1.29 is 4.79 Å². The summed E-state index contributed by atoms with van der Waals surface area (Å²) < 4.78 is 2.17. The second-order valence-corrected chi connectivity index (χ2v) is 6.12. The summed E-state index contributed by atoms with van der Waals surface area (Å²) in [7, 11) is 0. The maximum absolute atomic E-state index is 12.6. The van der Waals surface area contributed by atoms with Crippen LogP contribution in [-0.2, 0) is 6.54 Å². The first kappa shape index (κ1) is 15.7. The third-order valence-electron chi connectivity index (χ3n) is 4.62. The van der Waals surface area contributed by atoms with Crippen LogP contribution in [0.5, 0.6) is 0 Å². The number of imidazole rings is 1. The molecule has 2 aromatic rings. The summed E-state index contributed by atoms with van der Waals surface area (Å²) in [5.74, 6) is 1.21. The molecule has 0 N–H and O–H groups in total. The van der Waals surface area contributed by atoms with Crippen molar-refractivity contribution in [1.82, 2.24) is 19.4 Å². The third-order valence-corrected chi connectivity index (χ3v) is 4.62. The molecule has 5 heteroatoms. The molecule has 0 saturated carbocycles. The zero-order valence-corrected chi connectivity index (χ0v) is 13.9. The van der Waals surface area contributed by atoms with Crippen molar-refractivity contribution in [3.63, 3.8) is 0 Å². The summed E-state index contributed by atoms with van der Waals surface area (Å²) in [6.45, 7) is 9.46. The monoisotopic (exact) mass is 312 g/mol. The predicted molar refractivity (Wildman–Crippen MR) is 90.5 cm³/mol. The van der Waals surface area contributed by atoms with Crippen LogP contribution in [-0.4, -0.2) is 58.0 Å². The molecule has 1 fully saturated rings. The van der Waals surface area contributed by atoms with Gasteiger partial charge in [-0.3, -0.25) is 9.69 Å². The molecular weight excluding hydrogens is 288 g/mol. The van der Waals surface area contributed by atoms with Gasteiger partial charge in [-0.25, -0.2) is 4.98 Å². The van der Waals surface area contributed by atoms with Crippen molar-refractivity contribution in [2.45, 2.75) is 20.4 Å². The number of benzene rings is 1. The SMILES string of the molecule is Cc1ccccc1C(=O)N1CCN(CCn2ccnc2C)CC1. The molecule has 0 unspecified atom stereocenters. The quantitative estimate of drug-likeness (QED) is 0.866. The molecule has 1 aromatic heterocycles. The van der Waals surface area contributed by atoms with Crippen LogP contribution < -0.4 is 0 Å². The molecular formula is C18H24N4O. The van der Waals surface area contributed by atoms with Crippen LogP contribution >= 0.6 is 0 Å². The van der Waals surface area contributed by atoms with Gasteiger partial charge in [0, 0.05) is 57.2 Å². The Hall–Kier alpha value is -2.14. The Morgan fingerprint density at radius 1 is 1.09 bits per heavy atom. The van der Waals surface area contributed by atoms with Gasteiger partial charge in [-0.1, -0.05) is 18.2 Å². The lowest BCUT2D eigenvalue weighted by atomic mass is 10.1. The molecule has 1 aromatic carbocycles. The van der Waals surface area contributed by atoms with Gasteiger partial charge >= 0.3 is 0 Å². The van der Waals surface area contributed by atoms with E-state index < -0.39 is 0 Å². The van der Waals surface area contributed by atoms with Crippen LogP contribution in [0.25, 0.3) is 0 Å². The summed E-state index contributed by atoms with van der Waals surface area (Å²) >= 11 is 0. The molecule has 0 aliphatic carbocycles. The number of hydrogen-bond donors (Lipinski definition) is 0. The molecule has 3 rings (SSSR count). The Bertz CT molecular complexity index is 671. The molecule has 1 amide bonds. The highest BCUT2D eigenvalue weighted by molar-refractivity contribution is 5.95. The average Bonchev–Trinajstić information content (AvgIpc) is 2.98. The van der Waals surface area contributed by atoms with Gasteiger partial charge < -0.3 is 9.47 Å². The van der Waals surface area contributed by atoms with E-state index in [9.17, 15) is 4.79 Å². The summed E-state index contributed by atoms with van der Waals surface area (Å²) in [6, 6.07) is 7.83. The van der Waals surface area contributed by atoms with E-state index in [1.54, 1.807) is 0 Å². The molecule has 2 heterocycles. The van der Waals surface area contributed by atoms with Crippen molar-refractivity contribution in [3.05, 3.63) is 53.6 Å². The number of hydrogen-bond acceptors (Lipinski definition) is 3. The van der Waals surface area contributed by atoms with Crippen LogP contribution in [0.2, 0.25) is 0 Å². The van der Waals surface area contributed by atoms with Gasteiger partial charge in [0.1, 0.15) is 5.82 Å². The summed E-state index contributed by atoms with van der Waals surface area (Å²) in [5, 5.41) is 0. The minimum absolute atomic E-state index is 0.160. The lowest BCUT2D eigenvalue weighted by molar-refractivity contribution is 0.0632. The maximum atomic E-state index is 12.6. The summed E-state index contributed by atoms with van der Waals surface area (Å²) in [6.07, 6.45) is 3.86. The normalized spacial score (nSPS) is 15.8. The molecule has 1 aliphatic heterocycles. The van der Waals surface area contributed by atoms with Crippen molar-refractivity contribution in [2.24, 2.45) is 0 Å². The Labute approximate surface area is 137 Å². The Morgan fingerprint density at radius 3 is 2.48 bits per heavy atom. The van der Waals surface area contributed by atoms with Crippen LogP contribution in [0.3, 0.4) is 0 Å². The van der Waals surface area contributed by atoms with E-state index in [1.165, 1.54) is 0 Å². The van der Waals surface area contributed by atoms with Crippen molar-refractivity contribution >= 4 is 5.91 Å². The maximum Gasteiger partial charge on any atom is 0.254 e. The van der Waals surface area contributed by atoms with Gasteiger partial charge in [-0.2, -0.15) is 0 Å². The fraction of sp³-hybridized carbons (Fsp3) is 0.444. The highest BCUT2D eigenvalue weighted by atomic mass is 16.2.